The zero-order chi connectivity index (χ0) is 20.4. The smallest absolute Gasteiger partial charge is 0.287 e. The maximum atomic E-state index is 13.4. The predicted octanol–water partition coefficient (Wildman–Crippen LogP) is 0.246. The van der Waals surface area contributed by atoms with E-state index in [1.807, 2.05) is 5.48 Å². The number of β-amino-alcohol motifs (C(OH)–C–C–N with tert-alkyl or cyclic N) is 1. The number of nitrogens with one attached hydrogen (secondary N) is 1. The number of carbonyl (C=O) groups is 1. The van der Waals surface area contributed by atoms with Gasteiger partial charge in [0.2, 0.25) is 5.69 Å². The molecule has 2 aliphatic rings. The van der Waals surface area contributed by atoms with Crippen molar-refractivity contribution in [1.29, 1.82) is 0 Å². The summed E-state index contributed by atoms with van der Waals surface area (Å²) in [6.45, 7) is 0.695. The first-order valence-electron chi connectivity index (χ1n) is 9.19. The molecule has 2 aromatic rings. The number of ether oxygens (including phenoxy) is 1. The van der Waals surface area contributed by atoms with Crippen molar-refractivity contribution in [1.82, 2.24) is 20.7 Å². The fourth-order valence-electron chi connectivity index (χ4n) is 3.51. The molecule has 154 valence electrons. The van der Waals surface area contributed by atoms with Crippen LogP contribution in [-0.2, 0) is 11.2 Å². The van der Waals surface area contributed by atoms with E-state index in [1.54, 1.807) is 6.07 Å². The van der Waals surface area contributed by atoms with Crippen LogP contribution in [0, 0.1) is 5.82 Å². The number of aliphatic hydroxyl groups excluding tert-OH is 1. The number of halogens is 1. The number of hydrogen-bond donors (Lipinski definition) is 3. The lowest BCUT2D eigenvalue weighted by Gasteiger charge is -2.28. The largest absolute Gasteiger partial charge is 0.464 e. The molecular weight excluding hydrogens is 385 g/mol. The summed E-state index contributed by atoms with van der Waals surface area (Å²) in [5.41, 5.74) is 3.91. The summed E-state index contributed by atoms with van der Waals surface area (Å²) in [4.78, 5) is 17.9. The second-order valence-corrected chi connectivity index (χ2v) is 7.03. The molecule has 3 N–H and O–H groups in total. The Morgan fingerprint density at radius 2 is 2.31 bits per heavy atom. The number of amides is 1. The van der Waals surface area contributed by atoms with E-state index in [9.17, 15) is 19.5 Å². The van der Waals surface area contributed by atoms with E-state index >= 15 is 0 Å². The Hall–Kier alpha value is -3.05. The van der Waals surface area contributed by atoms with Crippen molar-refractivity contribution in [2.24, 2.45) is 4.99 Å². The zero-order valence-corrected chi connectivity index (χ0v) is 15.4. The standard InChI is InChI=1S/C18H20FN5O5/c19-12-2-1-10-5-11(14(10)6-12)7-20-17(21-27)16-18(23-29-22-16)28-9-15(26)24-4-3-13(25)8-24/h1-2,6,11,13,25,27H,3-5,7-9H2,(H,20,21)/t11?,13-/m1/s1. The summed E-state index contributed by atoms with van der Waals surface area (Å²) in [6, 6.07) is 4.66. The highest BCUT2D eigenvalue weighted by Crippen LogP contribution is 2.35. The van der Waals surface area contributed by atoms with Crippen molar-refractivity contribution in [3.63, 3.8) is 0 Å². The molecule has 1 amide bonds. The quantitative estimate of drug-likeness (QED) is 0.354. The van der Waals surface area contributed by atoms with E-state index in [2.05, 4.69) is 19.9 Å². The molecule has 1 unspecified atom stereocenters. The summed E-state index contributed by atoms with van der Waals surface area (Å²) >= 11 is 0. The fraction of sp³-hybridized carbons (Fsp3) is 0.444. The summed E-state index contributed by atoms with van der Waals surface area (Å²) in [5.74, 6) is -0.714. The van der Waals surface area contributed by atoms with Gasteiger partial charge in [0.1, 0.15) is 5.82 Å². The van der Waals surface area contributed by atoms with Crippen LogP contribution >= 0.6 is 0 Å². The van der Waals surface area contributed by atoms with Gasteiger partial charge in [-0.05, 0) is 46.4 Å². The number of hydrogen-bond acceptors (Lipinski definition) is 8. The Balaban J connectivity index is 1.39. The number of rotatable bonds is 6. The van der Waals surface area contributed by atoms with Gasteiger partial charge in [-0.2, -0.15) is 0 Å². The predicted molar refractivity (Wildman–Crippen MR) is 96.2 cm³/mol. The summed E-state index contributed by atoms with van der Waals surface area (Å²) < 4.78 is 23.4. The van der Waals surface area contributed by atoms with Crippen LogP contribution in [0.15, 0.2) is 27.8 Å². The van der Waals surface area contributed by atoms with Crippen molar-refractivity contribution in [2.45, 2.75) is 24.9 Å². The molecule has 0 radical (unpaired) electrons. The number of likely N-dealkylation sites (tertiary alicyclic amines) is 1. The normalized spacial score (nSPS) is 20.9. The molecule has 4 rings (SSSR count). The van der Waals surface area contributed by atoms with Crippen molar-refractivity contribution >= 4 is 11.7 Å². The minimum atomic E-state index is -0.523. The number of aliphatic imine (C=N–C) groups is 1. The summed E-state index contributed by atoms with van der Waals surface area (Å²) in [5, 5.41) is 26.2. The lowest BCUT2D eigenvalue weighted by atomic mass is 9.77. The molecule has 1 aromatic carbocycles. The van der Waals surface area contributed by atoms with E-state index in [1.165, 1.54) is 17.0 Å². The van der Waals surface area contributed by atoms with Crippen molar-refractivity contribution in [3.05, 3.63) is 40.8 Å². The van der Waals surface area contributed by atoms with Gasteiger partial charge in [-0.3, -0.25) is 20.5 Å². The third-order valence-electron chi connectivity index (χ3n) is 5.12. The Morgan fingerprint density at radius 1 is 1.45 bits per heavy atom. The third-order valence-corrected chi connectivity index (χ3v) is 5.12. The van der Waals surface area contributed by atoms with Crippen LogP contribution in [0.3, 0.4) is 0 Å². The highest BCUT2D eigenvalue weighted by molar-refractivity contribution is 5.98. The molecular formula is C18H20FN5O5. The van der Waals surface area contributed by atoms with Gasteiger partial charge in [-0.25, -0.2) is 9.02 Å². The molecule has 29 heavy (non-hydrogen) atoms. The summed E-state index contributed by atoms with van der Waals surface area (Å²) in [6.07, 6.45) is 0.766. The SMILES string of the molecule is O=C(COc1nonc1C(=NCC1Cc2ccc(F)cc21)NO)N1CC[C@@H](O)C1. The van der Waals surface area contributed by atoms with E-state index in [-0.39, 0.29) is 54.7 Å². The van der Waals surface area contributed by atoms with Gasteiger partial charge in [0.15, 0.2) is 12.4 Å². The fourth-order valence-corrected chi connectivity index (χ4v) is 3.51. The van der Waals surface area contributed by atoms with Gasteiger partial charge in [0.25, 0.3) is 11.8 Å². The maximum Gasteiger partial charge on any atom is 0.287 e. The Morgan fingerprint density at radius 3 is 3.07 bits per heavy atom. The van der Waals surface area contributed by atoms with Crippen molar-refractivity contribution < 1.29 is 28.9 Å². The van der Waals surface area contributed by atoms with Gasteiger partial charge >= 0.3 is 0 Å². The van der Waals surface area contributed by atoms with Crippen LogP contribution in [0.1, 0.15) is 29.2 Å². The number of aliphatic hydroxyl groups is 1. The zero-order valence-electron chi connectivity index (χ0n) is 15.4. The number of aromatic nitrogens is 2. The molecule has 1 aromatic heterocycles. The lowest BCUT2D eigenvalue weighted by Crippen LogP contribution is -2.34. The molecule has 1 aliphatic heterocycles. The first-order valence-corrected chi connectivity index (χ1v) is 9.19. The molecule has 10 nitrogen and oxygen atoms in total. The van der Waals surface area contributed by atoms with Gasteiger partial charge in [-0.1, -0.05) is 6.07 Å². The van der Waals surface area contributed by atoms with Gasteiger partial charge < -0.3 is 14.7 Å². The first-order chi connectivity index (χ1) is 14.0. The molecule has 11 heteroatoms. The lowest BCUT2D eigenvalue weighted by molar-refractivity contribution is -0.132. The van der Waals surface area contributed by atoms with Crippen LogP contribution in [0.4, 0.5) is 4.39 Å². The first kappa shape index (κ1) is 19.3. The average Bonchev–Trinajstić information content (AvgIpc) is 3.34. The van der Waals surface area contributed by atoms with Crippen LogP contribution < -0.4 is 10.2 Å². The highest BCUT2D eigenvalue weighted by Gasteiger charge is 2.28. The molecule has 0 spiro atoms. The number of hydroxylamine groups is 1. The van der Waals surface area contributed by atoms with E-state index < -0.39 is 6.10 Å². The maximum absolute atomic E-state index is 13.4. The number of carbonyl (C=O) groups excluding carboxylic acids is 1. The second kappa shape index (κ2) is 8.13. The molecule has 2 atom stereocenters. The molecule has 1 saturated heterocycles. The third kappa shape index (κ3) is 4.05. The van der Waals surface area contributed by atoms with E-state index in [0.717, 1.165) is 17.5 Å². The topological polar surface area (TPSA) is 133 Å². The van der Waals surface area contributed by atoms with E-state index in [4.69, 9.17) is 4.74 Å². The van der Waals surface area contributed by atoms with Gasteiger partial charge in [0.05, 0.1) is 6.10 Å². The number of fused-ring (bicyclic) bond motifs is 1. The minimum absolute atomic E-state index is 0.0144. The minimum Gasteiger partial charge on any atom is -0.464 e. The molecule has 2 heterocycles. The second-order valence-electron chi connectivity index (χ2n) is 7.03. The Labute approximate surface area is 164 Å². The van der Waals surface area contributed by atoms with Crippen LogP contribution in [-0.4, -0.2) is 69.6 Å². The van der Waals surface area contributed by atoms with Crippen LogP contribution in [0.25, 0.3) is 0 Å². The Kier molecular flexibility index (Phi) is 5.41. The van der Waals surface area contributed by atoms with Gasteiger partial charge in [-0.15, -0.1) is 0 Å². The summed E-state index contributed by atoms with van der Waals surface area (Å²) in [7, 11) is 0. The van der Waals surface area contributed by atoms with Crippen LogP contribution in [0.2, 0.25) is 0 Å². The average molecular weight is 405 g/mol. The van der Waals surface area contributed by atoms with Crippen molar-refractivity contribution in [2.75, 3.05) is 26.2 Å². The number of nitrogens with zero attached hydrogens (tertiary/aromatic N) is 4. The molecule has 0 saturated carbocycles. The van der Waals surface area contributed by atoms with E-state index in [0.29, 0.717) is 13.0 Å². The molecule has 0 bridgehead atoms. The van der Waals surface area contributed by atoms with Gasteiger partial charge in [0, 0.05) is 25.6 Å². The number of amidine groups is 1. The highest BCUT2D eigenvalue weighted by atomic mass is 19.1. The molecule has 1 fully saturated rings. The molecule has 1 aliphatic carbocycles. The van der Waals surface area contributed by atoms with Crippen molar-refractivity contribution in [3.8, 4) is 5.88 Å². The Bertz CT molecular complexity index is 933. The monoisotopic (exact) mass is 405 g/mol. The van der Waals surface area contributed by atoms with Crippen LogP contribution in [0.5, 0.6) is 5.88 Å². The number of benzene rings is 1.